The van der Waals surface area contributed by atoms with Gasteiger partial charge in [-0.05, 0) is 37.0 Å². The summed E-state index contributed by atoms with van der Waals surface area (Å²) in [7, 11) is 1.61. The molecule has 20 heavy (non-hydrogen) atoms. The standard InChI is InChI=1S/C14H23N3O2S/c1-16(2)20(18,19)12-7-8-13(15)14(9-12)17(3)10-11-5-4-6-11/h7-9,11H,4-6,10,15H2,1-3H3. The van der Waals surface area contributed by atoms with Gasteiger partial charge in [0.25, 0.3) is 0 Å². The maximum absolute atomic E-state index is 12.2. The lowest BCUT2D eigenvalue weighted by atomic mass is 9.85. The lowest BCUT2D eigenvalue weighted by molar-refractivity contribution is 0.321. The molecule has 1 aliphatic rings. The zero-order valence-electron chi connectivity index (χ0n) is 12.3. The Hall–Kier alpha value is -1.27. The van der Waals surface area contributed by atoms with Crippen molar-refractivity contribution in [2.45, 2.75) is 24.2 Å². The second-order valence-electron chi connectivity index (χ2n) is 5.69. The van der Waals surface area contributed by atoms with Crippen molar-refractivity contribution in [3.8, 4) is 0 Å². The molecule has 5 nitrogen and oxygen atoms in total. The Morgan fingerprint density at radius 1 is 1.25 bits per heavy atom. The third-order valence-corrected chi connectivity index (χ3v) is 5.76. The fourth-order valence-corrected chi connectivity index (χ4v) is 3.31. The summed E-state index contributed by atoms with van der Waals surface area (Å²) in [6.07, 6.45) is 3.79. The van der Waals surface area contributed by atoms with Crippen molar-refractivity contribution in [3.05, 3.63) is 18.2 Å². The van der Waals surface area contributed by atoms with Gasteiger partial charge < -0.3 is 10.6 Å². The monoisotopic (exact) mass is 297 g/mol. The van der Waals surface area contributed by atoms with Crippen LogP contribution in [0.1, 0.15) is 19.3 Å². The minimum absolute atomic E-state index is 0.284. The SMILES string of the molecule is CN(CC1CCC1)c1cc(S(=O)(=O)N(C)C)ccc1N. The molecule has 2 N–H and O–H groups in total. The highest BCUT2D eigenvalue weighted by molar-refractivity contribution is 7.89. The first-order valence-corrected chi connectivity index (χ1v) is 8.29. The highest BCUT2D eigenvalue weighted by Crippen LogP contribution is 2.31. The van der Waals surface area contributed by atoms with Crippen LogP contribution in [-0.4, -0.2) is 40.4 Å². The quantitative estimate of drug-likeness (QED) is 0.841. The molecule has 1 aliphatic carbocycles. The van der Waals surface area contributed by atoms with Crippen LogP contribution < -0.4 is 10.6 Å². The van der Waals surface area contributed by atoms with Crippen LogP contribution >= 0.6 is 0 Å². The molecule has 0 aliphatic heterocycles. The Labute approximate surface area is 121 Å². The maximum atomic E-state index is 12.2. The number of rotatable bonds is 5. The highest BCUT2D eigenvalue weighted by atomic mass is 32.2. The lowest BCUT2D eigenvalue weighted by Crippen LogP contribution is -2.30. The summed E-state index contributed by atoms with van der Waals surface area (Å²) in [5, 5.41) is 0. The van der Waals surface area contributed by atoms with Gasteiger partial charge in [-0.1, -0.05) is 6.42 Å². The van der Waals surface area contributed by atoms with Crippen molar-refractivity contribution >= 4 is 21.4 Å². The van der Waals surface area contributed by atoms with Gasteiger partial charge in [0.1, 0.15) is 0 Å². The molecule has 0 bridgehead atoms. The van der Waals surface area contributed by atoms with Crippen molar-refractivity contribution in [2.24, 2.45) is 5.92 Å². The van der Waals surface area contributed by atoms with Crippen LogP contribution in [0.4, 0.5) is 11.4 Å². The summed E-state index contributed by atoms with van der Waals surface area (Å²) in [6.45, 7) is 0.926. The molecule has 2 rings (SSSR count). The predicted octanol–water partition coefficient (Wildman–Crippen LogP) is 1.76. The average Bonchev–Trinajstić information content (AvgIpc) is 2.33. The molecule has 0 heterocycles. The van der Waals surface area contributed by atoms with Crippen molar-refractivity contribution in [3.63, 3.8) is 0 Å². The number of nitrogen functional groups attached to an aromatic ring is 1. The molecule has 0 unspecified atom stereocenters. The third-order valence-electron chi connectivity index (χ3n) is 3.95. The summed E-state index contributed by atoms with van der Waals surface area (Å²) in [6, 6.07) is 4.90. The molecule has 6 heteroatoms. The highest BCUT2D eigenvalue weighted by Gasteiger charge is 2.22. The van der Waals surface area contributed by atoms with E-state index < -0.39 is 10.0 Å². The minimum atomic E-state index is -3.42. The normalized spacial score (nSPS) is 16.2. The van der Waals surface area contributed by atoms with E-state index in [9.17, 15) is 8.42 Å². The van der Waals surface area contributed by atoms with E-state index >= 15 is 0 Å². The first kappa shape index (κ1) is 15.1. The lowest BCUT2D eigenvalue weighted by Gasteiger charge is -2.32. The number of anilines is 2. The predicted molar refractivity (Wildman–Crippen MR) is 82.3 cm³/mol. The van der Waals surface area contributed by atoms with Gasteiger partial charge in [0.05, 0.1) is 16.3 Å². The summed E-state index contributed by atoms with van der Waals surface area (Å²) >= 11 is 0. The largest absolute Gasteiger partial charge is 0.397 e. The number of nitrogens with two attached hydrogens (primary N) is 1. The van der Waals surface area contributed by atoms with Crippen LogP contribution in [0, 0.1) is 5.92 Å². The van der Waals surface area contributed by atoms with Crippen molar-refractivity contribution in [1.82, 2.24) is 4.31 Å². The molecule has 1 aromatic rings. The van der Waals surface area contributed by atoms with E-state index in [4.69, 9.17) is 5.73 Å². The van der Waals surface area contributed by atoms with Crippen LogP contribution in [0.15, 0.2) is 23.1 Å². The molecule has 1 aromatic carbocycles. The van der Waals surface area contributed by atoms with E-state index in [1.54, 1.807) is 18.2 Å². The zero-order valence-corrected chi connectivity index (χ0v) is 13.2. The van der Waals surface area contributed by atoms with Gasteiger partial charge in [-0.3, -0.25) is 0 Å². The molecule has 0 atom stereocenters. The molecular formula is C14H23N3O2S. The van der Waals surface area contributed by atoms with E-state index in [-0.39, 0.29) is 4.90 Å². The van der Waals surface area contributed by atoms with Gasteiger partial charge in [-0.25, -0.2) is 12.7 Å². The smallest absolute Gasteiger partial charge is 0.242 e. The van der Waals surface area contributed by atoms with Gasteiger partial charge in [-0.2, -0.15) is 0 Å². The first-order chi connectivity index (χ1) is 9.32. The van der Waals surface area contributed by atoms with Gasteiger partial charge in [0.15, 0.2) is 0 Å². The maximum Gasteiger partial charge on any atom is 0.242 e. The Bertz CT molecular complexity index is 580. The average molecular weight is 297 g/mol. The van der Waals surface area contributed by atoms with Crippen molar-refractivity contribution in [2.75, 3.05) is 38.3 Å². The molecule has 1 saturated carbocycles. The Morgan fingerprint density at radius 2 is 1.90 bits per heavy atom. The summed E-state index contributed by atoms with van der Waals surface area (Å²) in [5.41, 5.74) is 7.40. The topological polar surface area (TPSA) is 66.6 Å². The van der Waals surface area contributed by atoms with E-state index in [1.165, 1.54) is 37.7 Å². The first-order valence-electron chi connectivity index (χ1n) is 6.85. The number of hydrogen-bond acceptors (Lipinski definition) is 4. The molecule has 0 radical (unpaired) electrons. The summed E-state index contributed by atoms with van der Waals surface area (Å²) < 4.78 is 25.6. The molecule has 0 amide bonds. The second-order valence-corrected chi connectivity index (χ2v) is 7.84. The van der Waals surface area contributed by atoms with Crippen LogP contribution in [-0.2, 0) is 10.0 Å². The van der Waals surface area contributed by atoms with Gasteiger partial charge in [0, 0.05) is 27.7 Å². The number of benzene rings is 1. The van der Waals surface area contributed by atoms with Crippen molar-refractivity contribution < 1.29 is 8.42 Å². The van der Waals surface area contributed by atoms with Crippen LogP contribution in [0.5, 0.6) is 0 Å². The van der Waals surface area contributed by atoms with E-state index in [0.29, 0.717) is 11.6 Å². The van der Waals surface area contributed by atoms with E-state index in [2.05, 4.69) is 4.90 Å². The number of sulfonamides is 1. The van der Waals surface area contributed by atoms with E-state index in [1.807, 2.05) is 7.05 Å². The fraction of sp³-hybridized carbons (Fsp3) is 0.571. The number of nitrogens with zero attached hydrogens (tertiary/aromatic N) is 2. The fourth-order valence-electron chi connectivity index (χ4n) is 2.39. The Morgan fingerprint density at radius 3 is 2.40 bits per heavy atom. The zero-order chi connectivity index (χ0) is 14.9. The Balaban J connectivity index is 2.28. The second kappa shape index (κ2) is 5.61. The molecule has 0 saturated heterocycles. The van der Waals surface area contributed by atoms with Crippen molar-refractivity contribution in [1.29, 1.82) is 0 Å². The van der Waals surface area contributed by atoms with Crippen LogP contribution in [0.25, 0.3) is 0 Å². The third kappa shape index (κ3) is 2.91. The van der Waals surface area contributed by atoms with Crippen LogP contribution in [0.3, 0.4) is 0 Å². The summed E-state index contributed by atoms with van der Waals surface area (Å²) in [4.78, 5) is 2.35. The van der Waals surface area contributed by atoms with Gasteiger partial charge in [-0.15, -0.1) is 0 Å². The van der Waals surface area contributed by atoms with Gasteiger partial charge >= 0.3 is 0 Å². The van der Waals surface area contributed by atoms with Crippen LogP contribution in [0.2, 0.25) is 0 Å². The molecular weight excluding hydrogens is 274 g/mol. The van der Waals surface area contributed by atoms with Gasteiger partial charge in [0.2, 0.25) is 10.0 Å². The molecule has 0 aromatic heterocycles. The minimum Gasteiger partial charge on any atom is -0.397 e. The Kier molecular flexibility index (Phi) is 4.25. The number of hydrogen-bond donors (Lipinski definition) is 1. The molecule has 112 valence electrons. The molecule has 1 fully saturated rings. The molecule has 0 spiro atoms. The summed E-state index contributed by atoms with van der Waals surface area (Å²) in [5.74, 6) is 0.702. The van der Waals surface area contributed by atoms with E-state index in [0.717, 1.165) is 12.2 Å².